The van der Waals surface area contributed by atoms with E-state index in [2.05, 4.69) is 11.1 Å². The molecule has 0 N–H and O–H groups in total. The highest BCUT2D eigenvalue weighted by Gasteiger charge is 2.17. The Kier molecular flexibility index (Phi) is 6.39. The topological polar surface area (TPSA) is 59.5 Å². The fourth-order valence-corrected chi connectivity index (χ4v) is 4.05. The summed E-state index contributed by atoms with van der Waals surface area (Å²) >= 11 is 1.66. The van der Waals surface area contributed by atoms with Gasteiger partial charge in [0, 0.05) is 19.5 Å². The highest BCUT2D eigenvalue weighted by atomic mass is 32.1. The summed E-state index contributed by atoms with van der Waals surface area (Å²) in [5.41, 5.74) is 1.01. The molecule has 1 aromatic heterocycles. The van der Waals surface area contributed by atoms with Crippen molar-refractivity contribution < 1.29 is 14.3 Å². The third kappa shape index (κ3) is 5.26. The number of aromatic nitrogens is 1. The van der Waals surface area contributed by atoms with Gasteiger partial charge >= 0.3 is 5.97 Å². The van der Waals surface area contributed by atoms with Crippen LogP contribution in [0.4, 0.5) is 0 Å². The van der Waals surface area contributed by atoms with E-state index >= 15 is 0 Å². The van der Waals surface area contributed by atoms with Gasteiger partial charge in [-0.1, -0.05) is 25.0 Å². The maximum Gasteiger partial charge on any atom is 0.306 e. The molecule has 0 saturated carbocycles. The molecule has 5 nitrogen and oxygen atoms in total. The molecule has 134 valence electrons. The molecule has 25 heavy (non-hydrogen) atoms. The Morgan fingerprint density at radius 2 is 1.88 bits per heavy atom. The van der Waals surface area contributed by atoms with Crippen molar-refractivity contribution in [2.24, 2.45) is 0 Å². The van der Waals surface area contributed by atoms with Gasteiger partial charge in [-0.3, -0.25) is 9.59 Å². The van der Waals surface area contributed by atoms with Crippen molar-refractivity contribution in [2.45, 2.75) is 44.9 Å². The minimum Gasteiger partial charge on any atom is -0.456 e. The SMILES string of the molecule is O=C(CCCc1nc2ccccc2s1)OCC(=O)N1CCCCCC1. The van der Waals surface area contributed by atoms with E-state index in [1.54, 1.807) is 11.3 Å². The zero-order valence-electron chi connectivity index (χ0n) is 14.4. The average molecular weight is 360 g/mol. The number of amides is 1. The van der Waals surface area contributed by atoms with Crippen molar-refractivity contribution in [3.63, 3.8) is 0 Å². The number of nitrogens with zero attached hydrogens (tertiary/aromatic N) is 2. The van der Waals surface area contributed by atoms with Gasteiger partial charge < -0.3 is 9.64 Å². The number of aryl methyl sites for hydroxylation is 1. The van der Waals surface area contributed by atoms with Crippen LogP contribution in [0.15, 0.2) is 24.3 Å². The summed E-state index contributed by atoms with van der Waals surface area (Å²) in [5.74, 6) is -0.370. The van der Waals surface area contributed by atoms with E-state index < -0.39 is 0 Å². The highest BCUT2D eigenvalue weighted by Crippen LogP contribution is 2.22. The number of fused-ring (bicyclic) bond motifs is 1. The Balaban J connectivity index is 1.37. The third-order valence-electron chi connectivity index (χ3n) is 4.43. The molecule has 3 rings (SSSR count). The number of carbonyl (C=O) groups is 2. The Morgan fingerprint density at radius 3 is 2.64 bits per heavy atom. The van der Waals surface area contributed by atoms with Crippen molar-refractivity contribution >= 4 is 33.4 Å². The summed E-state index contributed by atoms with van der Waals surface area (Å²) in [6.07, 6.45) is 6.21. The molecule has 1 amide bonds. The number of para-hydroxylation sites is 1. The van der Waals surface area contributed by atoms with Crippen LogP contribution in [0.2, 0.25) is 0 Å². The second kappa shape index (κ2) is 8.94. The zero-order chi connectivity index (χ0) is 17.5. The van der Waals surface area contributed by atoms with Crippen LogP contribution >= 0.6 is 11.3 Å². The van der Waals surface area contributed by atoms with Gasteiger partial charge in [-0.15, -0.1) is 11.3 Å². The van der Waals surface area contributed by atoms with Crippen LogP contribution in [0.5, 0.6) is 0 Å². The number of hydrogen-bond donors (Lipinski definition) is 0. The van der Waals surface area contributed by atoms with Gasteiger partial charge in [0.2, 0.25) is 0 Å². The van der Waals surface area contributed by atoms with Crippen LogP contribution in [0.1, 0.15) is 43.5 Å². The second-order valence-corrected chi connectivity index (χ2v) is 7.50. The van der Waals surface area contributed by atoms with Crippen LogP contribution in [0.25, 0.3) is 10.2 Å². The van der Waals surface area contributed by atoms with E-state index in [4.69, 9.17) is 4.74 Å². The van der Waals surface area contributed by atoms with E-state index in [1.807, 2.05) is 23.1 Å². The van der Waals surface area contributed by atoms with Crippen LogP contribution in [-0.4, -0.2) is 41.5 Å². The molecule has 1 aliphatic rings. The molecule has 0 atom stereocenters. The molecule has 2 aromatic rings. The van der Waals surface area contributed by atoms with Gasteiger partial charge in [-0.2, -0.15) is 0 Å². The predicted octanol–water partition coefficient (Wildman–Crippen LogP) is 3.56. The number of rotatable bonds is 6. The van der Waals surface area contributed by atoms with Crippen LogP contribution in [0.3, 0.4) is 0 Å². The second-order valence-electron chi connectivity index (χ2n) is 6.38. The smallest absolute Gasteiger partial charge is 0.306 e. The normalized spacial score (nSPS) is 15.1. The summed E-state index contributed by atoms with van der Waals surface area (Å²) in [6, 6.07) is 8.03. The minimum absolute atomic E-state index is 0.0681. The van der Waals surface area contributed by atoms with Crippen LogP contribution in [0, 0.1) is 0 Å². The molecule has 0 spiro atoms. The minimum atomic E-state index is -0.302. The maximum atomic E-state index is 12.1. The number of benzene rings is 1. The highest BCUT2D eigenvalue weighted by molar-refractivity contribution is 7.18. The molecular formula is C19H24N2O3S. The maximum absolute atomic E-state index is 12.1. The fourth-order valence-electron chi connectivity index (χ4n) is 3.04. The molecule has 0 radical (unpaired) electrons. The molecular weight excluding hydrogens is 336 g/mol. The van der Waals surface area contributed by atoms with Crippen LogP contribution < -0.4 is 0 Å². The number of carbonyl (C=O) groups excluding carboxylic acids is 2. The van der Waals surface area contributed by atoms with Crippen molar-refractivity contribution in [3.8, 4) is 0 Å². The lowest BCUT2D eigenvalue weighted by atomic mass is 10.2. The van der Waals surface area contributed by atoms with Gasteiger partial charge in [-0.25, -0.2) is 4.98 Å². The Labute approximate surface area is 152 Å². The van der Waals surface area contributed by atoms with Crippen molar-refractivity contribution in [1.82, 2.24) is 9.88 Å². The Hall–Kier alpha value is -1.95. The summed E-state index contributed by atoms with van der Waals surface area (Å²) in [7, 11) is 0. The summed E-state index contributed by atoms with van der Waals surface area (Å²) in [5, 5.41) is 1.04. The van der Waals surface area contributed by atoms with E-state index in [9.17, 15) is 9.59 Å². The Bertz CT molecular complexity index is 687. The molecule has 2 heterocycles. The van der Waals surface area contributed by atoms with E-state index in [0.717, 1.165) is 42.9 Å². The molecule has 0 unspecified atom stereocenters. The van der Waals surface area contributed by atoms with Crippen molar-refractivity contribution in [2.75, 3.05) is 19.7 Å². The fraction of sp³-hybridized carbons (Fsp3) is 0.526. The van der Waals surface area contributed by atoms with Crippen LogP contribution in [-0.2, 0) is 20.7 Å². The summed E-state index contributed by atoms with van der Waals surface area (Å²) in [4.78, 5) is 30.3. The number of ether oxygens (including phenoxy) is 1. The van der Waals surface area contributed by atoms with Crippen molar-refractivity contribution in [1.29, 1.82) is 0 Å². The lowest BCUT2D eigenvalue weighted by molar-refractivity contribution is -0.152. The standard InChI is InChI=1S/C19H24N2O3S/c22-18(21-12-5-1-2-6-13-21)14-24-19(23)11-7-10-17-20-15-8-3-4-9-16(15)25-17/h3-4,8-9H,1-2,5-7,10-14H2. The third-order valence-corrected chi connectivity index (χ3v) is 5.52. The lowest BCUT2D eigenvalue weighted by Crippen LogP contribution is -2.35. The van der Waals surface area contributed by atoms with Gasteiger partial charge in [0.15, 0.2) is 6.61 Å². The average Bonchev–Trinajstić information content (AvgIpc) is 2.84. The molecule has 1 aromatic carbocycles. The van der Waals surface area contributed by atoms with E-state index in [-0.39, 0.29) is 18.5 Å². The summed E-state index contributed by atoms with van der Waals surface area (Å²) in [6.45, 7) is 1.45. The number of thiazole rings is 1. The molecule has 0 aliphatic carbocycles. The first-order chi connectivity index (χ1) is 12.2. The number of likely N-dealkylation sites (tertiary alicyclic amines) is 1. The zero-order valence-corrected chi connectivity index (χ0v) is 15.2. The largest absolute Gasteiger partial charge is 0.456 e. The van der Waals surface area contributed by atoms with E-state index in [0.29, 0.717) is 12.8 Å². The first kappa shape index (κ1) is 17.9. The van der Waals surface area contributed by atoms with Gasteiger partial charge in [0.1, 0.15) is 0 Å². The van der Waals surface area contributed by atoms with Gasteiger partial charge in [0.25, 0.3) is 5.91 Å². The quantitative estimate of drug-likeness (QED) is 0.739. The molecule has 6 heteroatoms. The van der Waals surface area contributed by atoms with Gasteiger partial charge in [-0.05, 0) is 37.8 Å². The molecule has 1 fully saturated rings. The lowest BCUT2D eigenvalue weighted by Gasteiger charge is -2.19. The molecule has 0 bridgehead atoms. The first-order valence-corrected chi connectivity index (χ1v) is 9.82. The monoisotopic (exact) mass is 360 g/mol. The number of hydrogen-bond acceptors (Lipinski definition) is 5. The number of esters is 1. The van der Waals surface area contributed by atoms with Crippen molar-refractivity contribution in [3.05, 3.63) is 29.3 Å². The predicted molar refractivity (Wildman–Crippen MR) is 98.6 cm³/mol. The molecule has 1 aliphatic heterocycles. The summed E-state index contributed by atoms with van der Waals surface area (Å²) < 4.78 is 6.32. The van der Waals surface area contributed by atoms with E-state index in [1.165, 1.54) is 17.5 Å². The Morgan fingerprint density at radius 1 is 1.12 bits per heavy atom. The first-order valence-electron chi connectivity index (χ1n) is 9.00. The van der Waals surface area contributed by atoms with Gasteiger partial charge in [0.05, 0.1) is 15.2 Å². The molecule has 1 saturated heterocycles.